The average molecular weight is 391 g/mol. The van der Waals surface area contributed by atoms with E-state index in [1.807, 2.05) is 17.9 Å². The van der Waals surface area contributed by atoms with Gasteiger partial charge >= 0.3 is 0 Å². The standard InChI is InChI=1S/C18H26N6O2S/c1-12(2)18-19-13(3)9-16(21-18)23-5-7-24(8-6-23)17(25)11-27-10-15-20-14(4)26-22-15/h9,12H,5-8,10-11H2,1-4H3. The Hall–Kier alpha value is -2.16. The number of aromatic nitrogens is 4. The van der Waals surface area contributed by atoms with Gasteiger partial charge in [-0.2, -0.15) is 4.98 Å². The maximum atomic E-state index is 12.4. The molecule has 2 aromatic heterocycles. The molecular weight excluding hydrogens is 364 g/mol. The molecule has 0 aromatic carbocycles. The molecule has 1 saturated heterocycles. The van der Waals surface area contributed by atoms with Gasteiger partial charge in [-0.1, -0.05) is 19.0 Å². The predicted octanol–water partition coefficient (Wildman–Crippen LogP) is 2.18. The summed E-state index contributed by atoms with van der Waals surface area (Å²) in [5.74, 6) is 4.48. The molecule has 3 rings (SSSR count). The minimum atomic E-state index is 0.154. The summed E-state index contributed by atoms with van der Waals surface area (Å²) in [5, 5.41) is 3.84. The number of carbonyl (C=O) groups is 1. The molecule has 0 spiro atoms. The fourth-order valence-electron chi connectivity index (χ4n) is 2.90. The Balaban J connectivity index is 1.49. The molecule has 1 aliphatic rings. The van der Waals surface area contributed by atoms with Crippen molar-refractivity contribution in [2.75, 3.05) is 36.8 Å². The highest BCUT2D eigenvalue weighted by molar-refractivity contribution is 7.99. The minimum Gasteiger partial charge on any atom is -0.353 e. The smallest absolute Gasteiger partial charge is 0.232 e. The zero-order valence-corrected chi connectivity index (χ0v) is 17.1. The lowest BCUT2D eigenvalue weighted by Crippen LogP contribution is -2.49. The van der Waals surface area contributed by atoms with E-state index in [0.717, 1.165) is 30.4 Å². The Bertz CT molecular complexity index is 786. The quantitative estimate of drug-likeness (QED) is 0.742. The molecule has 146 valence electrons. The van der Waals surface area contributed by atoms with Gasteiger partial charge in [0.25, 0.3) is 0 Å². The summed E-state index contributed by atoms with van der Waals surface area (Å²) in [6.07, 6.45) is 0. The third-order valence-corrected chi connectivity index (χ3v) is 5.27. The van der Waals surface area contributed by atoms with Crippen LogP contribution >= 0.6 is 11.8 Å². The summed E-state index contributed by atoms with van der Waals surface area (Å²) < 4.78 is 4.94. The maximum absolute atomic E-state index is 12.4. The van der Waals surface area contributed by atoms with Gasteiger partial charge in [0.05, 0.1) is 11.5 Å². The highest BCUT2D eigenvalue weighted by Crippen LogP contribution is 2.19. The van der Waals surface area contributed by atoms with Crippen LogP contribution in [0.3, 0.4) is 0 Å². The number of amides is 1. The second kappa shape index (κ2) is 8.69. The van der Waals surface area contributed by atoms with E-state index >= 15 is 0 Å². The number of thioether (sulfide) groups is 1. The van der Waals surface area contributed by atoms with Crippen molar-refractivity contribution in [1.82, 2.24) is 25.0 Å². The summed E-state index contributed by atoms with van der Waals surface area (Å²) in [4.78, 5) is 29.9. The molecule has 0 N–H and O–H groups in total. The number of nitrogens with zero attached hydrogens (tertiary/aromatic N) is 6. The first-order valence-corrected chi connectivity index (χ1v) is 10.3. The predicted molar refractivity (Wildman–Crippen MR) is 105 cm³/mol. The molecule has 1 aliphatic heterocycles. The fourth-order valence-corrected chi connectivity index (χ4v) is 3.66. The number of rotatable bonds is 6. The Morgan fingerprint density at radius 2 is 1.93 bits per heavy atom. The van der Waals surface area contributed by atoms with Crippen molar-refractivity contribution < 1.29 is 9.32 Å². The minimum absolute atomic E-state index is 0.154. The molecule has 9 heteroatoms. The van der Waals surface area contributed by atoms with E-state index in [0.29, 0.717) is 42.2 Å². The lowest BCUT2D eigenvalue weighted by Gasteiger charge is -2.35. The highest BCUT2D eigenvalue weighted by Gasteiger charge is 2.22. The average Bonchev–Trinajstić information content (AvgIpc) is 3.06. The van der Waals surface area contributed by atoms with Gasteiger partial charge in [-0.3, -0.25) is 4.79 Å². The zero-order valence-electron chi connectivity index (χ0n) is 16.3. The number of hydrogen-bond acceptors (Lipinski definition) is 8. The molecule has 1 fully saturated rings. The van der Waals surface area contributed by atoms with Crippen LogP contribution in [0.15, 0.2) is 10.6 Å². The van der Waals surface area contributed by atoms with E-state index in [4.69, 9.17) is 9.51 Å². The fraction of sp³-hybridized carbons (Fsp3) is 0.611. The lowest BCUT2D eigenvalue weighted by molar-refractivity contribution is -0.128. The number of carbonyl (C=O) groups excluding carboxylic acids is 1. The summed E-state index contributed by atoms with van der Waals surface area (Å²) >= 11 is 1.52. The normalized spacial score (nSPS) is 14.9. The second-order valence-corrected chi connectivity index (χ2v) is 7.96. The first-order chi connectivity index (χ1) is 12.9. The van der Waals surface area contributed by atoms with E-state index in [2.05, 4.69) is 33.9 Å². The lowest BCUT2D eigenvalue weighted by atomic mass is 10.2. The largest absolute Gasteiger partial charge is 0.353 e. The third kappa shape index (κ3) is 5.18. The van der Waals surface area contributed by atoms with E-state index < -0.39 is 0 Å². The van der Waals surface area contributed by atoms with E-state index in [1.165, 1.54) is 11.8 Å². The van der Waals surface area contributed by atoms with Crippen molar-refractivity contribution in [2.24, 2.45) is 0 Å². The van der Waals surface area contributed by atoms with Crippen LogP contribution in [0.4, 0.5) is 5.82 Å². The maximum Gasteiger partial charge on any atom is 0.232 e. The molecule has 2 aromatic rings. The summed E-state index contributed by atoms with van der Waals surface area (Å²) in [6, 6.07) is 2.02. The first-order valence-electron chi connectivity index (χ1n) is 9.17. The molecule has 27 heavy (non-hydrogen) atoms. The van der Waals surface area contributed by atoms with Crippen molar-refractivity contribution in [2.45, 2.75) is 39.4 Å². The summed E-state index contributed by atoms with van der Waals surface area (Å²) in [7, 11) is 0. The molecular formula is C18H26N6O2S. The van der Waals surface area contributed by atoms with E-state index in [9.17, 15) is 4.79 Å². The highest BCUT2D eigenvalue weighted by atomic mass is 32.2. The molecule has 0 aliphatic carbocycles. The summed E-state index contributed by atoms with van der Waals surface area (Å²) in [6.45, 7) is 10.9. The Morgan fingerprint density at radius 1 is 1.19 bits per heavy atom. The van der Waals surface area contributed by atoms with Crippen LogP contribution in [0, 0.1) is 13.8 Å². The van der Waals surface area contributed by atoms with Gasteiger partial charge in [0.15, 0.2) is 5.82 Å². The monoisotopic (exact) mass is 390 g/mol. The number of aryl methyl sites for hydroxylation is 2. The molecule has 0 saturated carbocycles. The zero-order chi connectivity index (χ0) is 19.4. The van der Waals surface area contributed by atoms with Crippen LogP contribution in [0.1, 0.15) is 43.0 Å². The van der Waals surface area contributed by atoms with Gasteiger partial charge in [0, 0.05) is 50.8 Å². The molecule has 0 bridgehead atoms. The molecule has 0 atom stereocenters. The van der Waals surface area contributed by atoms with Gasteiger partial charge in [-0.05, 0) is 6.92 Å². The SMILES string of the molecule is Cc1cc(N2CCN(C(=O)CSCc3noc(C)n3)CC2)nc(C(C)C)n1. The van der Waals surface area contributed by atoms with Gasteiger partial charge in [0.1, 0.15) is 11.6 Å². The van der Waals surface area contributed by atoms with E-state index in [1.54, 1.807) is 6.92 Å². The van der Waals surface area contributed by atoms with Crippen molar-refractivity contribution in [3.8, 4) is 0 Å². The Kier molecular flexibility index (Phi) is 6.30. The molecule has 0 unspecified atom stereocenters. The van der Waals surface area contributed by atoms with Crippen molar-refractivity contribution in [1.29, 1.82) is 0 Å². The van der Waals surface area contributed by atoms with Gasteiger partial charge in [-0.15, -0.1) is 11.8 Å². The topological polar surface area (TPSA) is 88.2 Å². The molecule has 8 nitrogen and oxygen atoms in total. The van der Waals surface area contributed by atoms with Crippen LogP contribution in [0.2, 0.25) is 0 Å². The number of piperazine rings is 1. The van der Waals surface area contributed by atoms with Crippen LogP contribution in [0.5, 0.6) is 0 Å². The van der Waals surface area contributed by atoms with Crippen molar-refractivity contribution >= 4 is 23.5 Å². The second-order valence-electron chi connectivity index (χ2n) is 6.97. The van der Waals surface area contributed by atoms with Crippen LogP contribution in [-0.2, 0) is 10.5 Å². The van der Waals surface area contributed by atoms with E-state index in [-0.39, 0.29) is 5.91 Å². The Labute approximate surface area is 163 Å². The van der Waals surface area contributed by atoms with Gasteiger partial charge < -0.3 is 14.3 Å². The molecule has 3 heterocycles. The molecule has 0 radical (unpaired) electrons. The van der Waals surface area contributed by atoms with Gasteiger partial charge in [0.2, 0.25) is 11.8 Å². The van der Waals surface area contributed by atoms with Crippen LogP contribution < -0.4 is 4.90 Å². The van der Waals surface area contributed by atoms with Crippen LogP contribution in [0.25, 0.3) is 0 Å². The van der Waals surface area contributed by atoms with Crippen molar-refractivity contribution in [3.63, 3.8) is 0 Å². The molecule has 1 amide bonds. The van der Waals surface area contributed by atoms with Crippen LogP contribution in [-0.4, -0.2) is 62.8 Å². The third-order valence-electron chi connectivity index (χ3n) is 4.36. The van der Waals surface area contributed by atoms with Crippen molar-refractivity contribution in [3.05, 3.63) is 29.3 Å². The first kappa shape index (κ1) is 19.6. The summed E-state index contributed by atoms with van der Waals surface area (Å²) in [5.41, 5.74) is 0.982. The van der Waals surface area contributed by atoms with Gasteiger partial charge in [-0.25, -0.2) is 9.97 Å². The number of anilines is 1. The Morgan fingerprint density at radius 3 is 2.56 bits per heavy atom. The number of hydrogen-bond donors (Lipinski definition) is 0.